The van der Waals surface area contributed by atoms with Gasteiger partial charge in [0.15, 0.2) is 0 Å². The van der Waals surface area contributed by atoms with Gasteiger partial charge in [-0.3, -0.25) is 10.1 Å². The van der Waals surface area contributed by atoms with E-state index in [1.54, 1.807) is 0 Å². The number of carbonyl (C=O) groups is 1. The molecule has 0 radical (unpaired) electrons. The van der Waals surface area contributed by atoms with E-state index in [2.05, 4.69) is 15.5 Å². The average molecular weight is 256 g/mol. The molecule has 0 fully saturated rings. The van der Waals surface area contributed by atoms with Crippen LogP contribution in [0.15, 0.2) is 22.9 Å². The summed E-state index contributed by atoms with van der Waals surface area (Å²) in [4.78, 5) is 15.8. The number of carbonyl (C=O) groups excluding carboxylic acids is 1. The maximum absolute atomic E-state index is 12.0. The molecule has 0 atom stereocenters. The lowest BCUT2D eigenvalue weighted by molar-refractivity contribution is 0.102. The Morgan fingerprint density at radius 1 is 1.53 bits per heavy atom. The third-order valence-corrected chi connectivity index (χ3v) is 2.71. The summed E-state index contributed by atoms with van der Waals surface area (Å²) in [7, 11) is 0. The van der Waals surface area contributed by atoms with Crippen molar-refractivity contribution >= 4 is 11.8 Å². The molecule has 2 heterocycles. The zero-order valence-corrected chi connectivity index (χ0v) is 10.6. The van der Waals surface area contributed by atoms with E-state index in [1.807, 2.05) is 19.9 Å². The molecule has 0 bridgehead atoms. The smallest absolute Gasteiger partial charge is 0.259 e. The van der Waals surface area contributed by atoms with Gasteiger partial charge in [-0.1, -0.05) is 12.1 Å². The number of hydrogen-bond donors (Lipinski definition) is 1. The molecule has 19 heavy (non-hydrogen) atoms. The van der Waals surface area contributed by atoms with Crippen LogP contribution in [0.3, 0.4) is 0 Å². The minimum atomic E-state index is -0.345. The van der Waals surface area contributed by atoms with Crippen molar-refractivity contribution in [1.82, 2.24) is 10.1 Å². The van der Waals surface area contributed by atoms with E-state index < -0.39 is 0 Å². The number of rotatable bonds is 3. The van der Waals surface area contributed by atoms with Crippen LogP contribution in [0.2, 0.25) is 0 Å². The van der Waals surface area contributed by atoms with Gasteiger partial charge in [-0.05, 0) is 25.5 Å². The summed E-state index contributed by atoms with van der Waals surface area (Å²) in [6, 6.07) is 4.92. The molecule has 0 aliphatic carbocycles. The van der Waals surface area contributed by atoms with Crippen LogP contribution in [0.5, 0.6) is 0 Å². The summed E-state index contributed by atoms with van der Waals surface area (Å²) in [6.45, 7) is 3.78. The molecule has 1 amide bonds. The molecule has 6 nitrogen and oxygen atoms in total. The van der Waals surface area contributed by atoms with Crippen molar-refractivity contribution in [2.45, 2.75) is 20.3 Å². The summed E-state index contributed by atoms with van der Waals surface area (Å²) >= 11 is 0. The van der Waals surface area contributed by atoms with Crippen molar-refractivity contribution < 1.29 is 9.32 Å². The van der Waals surface area contributed by atoms with E-state index in [1.165, 1.54) is 18.3 Å². The number of hydrogen-bond acceptors (Lipinski definition) is 5. The van der Waals surface area contributed by atoms with E-state index in [9.17, 15) is 4.79 Å². The average Bonchev–Trinajstić information content (AvgIpc) is 2.79. The van der Waals surface area contributed by atoms with Gasteiger partial charge in [0.1, 0.15) is 11.8 Å². The number of amides is 1. The fourth-order valence-electron chi connectivity index (χ4n) is 1.67. The Labute approximate surface area is 110 Å². The van der Waals surface area contributed by atoms with Crippen LogP contribution in [-0.4, -0.2) is 16.0 Å². The number of nitrogens with one attached hydrogen (secondary N) is 1. The maximum Gasteiger partial charge on any atom is 0.259 e. The quantitative estimate of drug-likeness (QED) is 0.907. The predicted molar refractivity (Wildman–Crippen MR) is 67.5 cm³/mol. The van der Waals surface area contributed by atoms with Gasteiger partial charge >= 0.3 is 0 Å². The van der Waals surface area contributed by atoms with Gasteiger partial charge in [-0.15, -0.1) is 0 Å². The topological polar surface area (TPSA) is 91.8 Å². The molecule has 2 aromatic heterocycles. The Morgan fingerprint density at radius 3 is 2.89 bits per heavy atom. The zero-order chi connectivity index (χ0) is 13.8. The molecule has 0 saturated heterocycles. The van der Waals surface area contributed by atoms with Crippen LogP contribution in [-0.2, 0) is 6.42 Å². The second-order valence-corrected chi connectivity index (χ2v) is 3.93. The maximum atomic E-state index is 12.0. The van der Waals surface area contributed by atoms with Crippen LogP contribution in [0.1, 0.15) is 34.2 Å². The Balaban J connectivity index is 2.18. The highest BCUT2D eigenvalue weighted by Crippen LogP contribution is 2.20. The molecule has 0 spiro atoms. The van der Waals surface area contributed by atoms with E-state index in [-0.39, 0.29) is 11.6 Å². The molecule has 0 aliphatic rings. The largest absolute Gasteiger partial charge is 0.338 e. The van der Waals surface area contributed by atoms with Crippen molar-refractivity contribution in [3.8, 4) is 6.07 Å². The molecule has 2 rings (SSSR count). The number of aryl methyl sites for hydroxylation is 1. The van der Waals surface area contributed by atoms with Crippen LogP contribution in [0, 0.1) is 18.3 Å². The molecule has 96 valence electrons. The standard InChI is InChI=1S/C13H12N4O2/c1-3-11-8(2)17-19-13(11)16-12(18)9-4-5-10(6-14)15-7-9/h4-5,7H,3H2,1-2H3,(H,16,18). The van der Waals surface area contributed by atoms with Crippen molar-refractivity contribution in [2.75, 3.05) is 5.32 Å². The SMILES string of the molecule is CCc1c(C)noc1NC(=O)c1ccc(C#N)nc1. The third kappa shape index (κ3) is 2.60. The summed E-state index contributed by atoms with van der Waals surface area (Å²) in [5.74, 6) is 0.0113. The number of nitriles is 1. The van der Waals surface area contributed by atoms with Gasteiger partial charge in [0.25, 0.3) is 5.91 Å². The second kappa shape index (κ2) is 5.31. The Morgan fingerprint density at radius 2 is 2.32 bits per heavy atom. The van der Waals surface area contributed by atoms with Gasteiger partial charge in [-0.2, -0.15) is 5.26 Å². The van der Waals surface area contributed by atoms with E-state index in [0.29, 0.717) is 11.4 Å². The normalized spacial score (nSPS) is 9.95. The Kier molecular flexibility index (Phi) is 3.57. The minimum absolute atomic E-state index is 0.265. The van der Waals surface area contributed by atoms with Crippen molar-refractivity contribution in [3.05, 3.63) is 40.8 Å². The van der Waals surface area contributed by atoms with Gasteiger partial charge in [0.05, 0.1) is 11.3 Å². The third-order valence-electron chi connectivity index (χ3n) is 2.71. The Bertz CT molecular complexity index is 638. The molecule has 0 unspecified atom stereocenters. The molecular weight excluding hydrogens is 244 g/mol. The fraction of sp³-hybridized carbons (Fsp3) is 0.231. The van der Waals surface area contributed by atoms with Crippen LogP contribution >= 0.6 is 0 Å². The summed E-state index contributed by atoms with van der Waals surface area (Å²) in [5.41, 5.74) is 2.25. The molecule has 0 saturated carbocycles. The number of pyridine rings is 1. The summed E-state index contributed by atoms with van der Waals surface area (Å²) in [6.07, 6.45) is 2.07. The van der Waals surface area contributed by atoms with Gasteiger partial charge in [0.2, 0.25) is 5.88 Å². The molecule has 0 aliphatic heterocycles. The van der Waals surface area contributed by atoms with E-state index >= 15 is 0 Å². The van der Waals surface area contributed by atoms with Crippen LogP contribution < -0.4 is 5.32 Å². The molecule has 0 aromatic carbocycles. The molecule has 2 aromatic rings. The van der Waals surface area contributed by atoms with E-state index in [4.69, 9.17) is 9.78 Å². The summed E-state index contributed by atoms with van der Waals surface area (Å²) < 4.78 is 5.07. The first-order valence-corrected chi connectivity index (χ1v) is 5.78. The first-order chi connectivity index (χ1) is 9.15. The van der Waals surface area contributed by atoms with Gasteiger partial charge in [-0.25, -0.2) is 4.98 Å². The van der Waals surface area contributed by atoms with Gasteiger partial charge < -0.3 is 4.52 Å². The number of nitrogens with zero attached hydrogens (tertiary/aromatic N) is 3. The Hall–Kier alpha value is -2.68. The van der Waals surface area contributed by atoms with Gasteiger partial charge in [0, 0.05) is 11.8 Å². The highest BCUT2D eigenvalue weighted by molar-refractivity contribution is 6.03. The van der Waals surface area contributed by atoms with Crippen molar-refractivity contribution in [2.24, 2.45) is 0 Å². The molecule has 6 heteroatoms. The predicted octanol–water partition coefficient (Wildman–Crippen LogP) is 2.06. The first kappa shape index (κ1) is 12.8. The van der Waals surface area contributed by atoms with Crippen molar-refractivity contribution in [3.63, 3.8) is 0 Å². The lowest BCUT2D eigenvalue weighted by atomic mass is 10.2. The lowest BCUT2D eigenvalue weighted by Crippen LogP contribution is -2.13. The number of anilines is 1. The zero-order valence-electron chi connectivity index (χ0n) is 10.6. The van der Waals surface area contributed by atoms with Crippen molar-refractivity contribution in [1.29, 1.82) is 5.26 Å². The highest BCUT2D eigenvalue weighted by Gasteiger charge is 2.15. The molecule has 1 N–H and O–H groups in total. The first-order valence-electron chi connectivity index (χ1n) is 5.78. The lowest BCUT2D eigenvalue weighted by Gasteiger charge is -2.02. The minimum Gasteiger partial charge on any atom is -0.338 e. The second-order valence-electron chi connectivity index (χ2n) is 3.93. The van der Waals surface area contributed by atoms with Crippen LogP contribution in [0.4, 0.5) is 5.88 Å². The monoisotopic (exact) mass is 256 g/mol. The van der Waals surface area contributed by atoms with E-state index in [0.717, 1.165) is 17.7 Å². The summed E-state index contributed by atoms with van der Waals surface area (Å²) in [5, 5.41) is 15.1. The molecular formula is C13H12N4O2. The fourth-order valence-corrected chi connectivity index (χ4v) is 1.67. The number of aromatic nitrogens is 2. The highest BCUT2D eigenvalue weighted by atomic mass is 16.5. The van der Waals surface area contributed by atoms with Crippen LogP contribution in [0.25, 0.3) is 0 Å².